The Bertz CT molecular complexity index is 1320. The van der Waals surface area contributed by atoms with Crippen LogP contribution in [-0.2, 0) is 23.2 Å². The lowest BCUT2D eigenvalue weighted by Crippen LogP contribution is -2.48. The maximum absolute atomic E-state index is 14.4. The van der Waals surface area contributed by atoms with Gasteiger partial charge in [-0.1, -0.05) is 49.4 Å². The zero-order chi connectivity index (χ0) is 28.3. The largest absolute Gasteiger partial charge is 0.394 e. The summed E-state index contributed by atoms with van der Waals surface area (Å²) in [5.74, 6) is -0.150. The number of nitrogens with zero attached hydrogens (tertiary/aromatic N) is 4. The first-order valence-corrected chi connectivity index (χ1v) is 13.7. The van der Waals surface area contributed by atoms with Crippen molar-refractivity contribution in [1.82, 2.24) is 19.3 Å². The number of hydrogen-bond acceptors (Lipinski definition) is 5. The number of carbonyl (C=O) groups is 2. The Morgan fingerprint density at radius 2 is 1.82 bits per heavy atom. The Morgan fingerprint density at radius 3 is 2.54 bits per heavy atom. The average Bonchev–Trinajstić information content (AvgIpc) is 3.22. The highest BCUT2D eigenvalue weighted by Crippen LogP contribution is 2.38. The minimum absolute atomic E-state index is 0.0600. The monoisotopic (exact) mass is 534 g/mol. The van der Waals surface area contributed by atoms with Gasteiger partial charge in [-0.25, -0.2) is 0 Å². The second kappa shape index (κ2) is 12.3. The van der Waals surface area contributed by atoms with E-state index < -0.39 is 0 Å². The van der Waals surface area contributed by atoms with Crippen molar-refractivity contribution in [3.05, 3.63) is 59.8 Å². The van der Waals surface area contributed by atoms with Gasteiger partial charge in [0.2, 0.25) is 5.91 Å². The van der Waals surface area contributed by atoms with Crippen LogP contribution in [0.25, 0.3) is 22.0 Å². The number of aliphatic hydroxyl groups is 1. The van der Waals surface area contributed by atoms with Crippen molar-refractivity contribution >= 4 is 22.7 Å². The van der Waals surface area contributed by atoms with Gasteiger partial charge < -0.3 is 29.1 Å². The summed E-state index contributed by atoms with van der Waals surface area (Å²) in [6.45, 7) is 5.62. The Balaban J connectivity index is 1.80. The second-order valence-electron chi connectivity index (χ2n) is 11.1. The normalized spacial score (nSPS) is 19.0. The molecule has 0 saturated heterocycles. The van der Waals surface area contributed by atoms with Gasteiger partial charge in [0, 0.05) is 62.5 Å². The predicted molar refractivity (Wildman–Crippen MR) is 154 cm³/mol. The number of ether oxygens (including phenoxy) is 1. The smallest absolute Gasteiger partial charge is 0.271 e. The molecule has 2 heterocycles. The number of aryl methyl sites for hydroxylation is 1. The minimum Gasteiger partial charge on any atom is -0.394 e. The van der Waals surface area contributed by atoms with E-state index in [0.29, 0.717) is 38.4 Å². The fraction of sp³-hybridized carbons (Fsp3) is 0.484. The van der Waals surface area contributed by atoms with Crippen LogP contribution in [0.15, 0.2) is 48.5 Å². The molecular formula is C31H42N4O4. The van der Waals surface area contributed by atoms with Crippen LogP contribution >= 0.6 is 0 Å². The van der Waals surface area contributed by atoms with Crippen molar-refractivity contribution in [3.8, 4) is 11.1 Å². The van der Waals surface area contributed by atoms with Gasteiger partial charge in [-0.15, -0.1) is 0 Å². The van der Waals surface area contributed by atoms with Crippen molar-refractivity contribution in [2.24, 2.45) is 13.0 Å². The number of aliphatic hydroxyl groups excluding tert-OH is 1. The van der Waals surface area contributed by atoms with Gasteiger partial charge in [0.1, 0.15) is 5.69 Å². The maximum atomic E-state index is 14.4. The third-order valence-electron chi connectivity index (χ3n) is 7.88. The van der Waals surface area contributed by atoms with Gasteiger partial charge in [0.25, 0.3) is 5.91 Å². The van der Waals surface area contributed by atoms with Gasteiger partial charge >= 0.3 is 0 Å². The highest BCUT2D eigenvalue weighted by molar-refractivity contribution is 6.10. The van der Waals surface area contributed by atoms with Crippen molar-refractivity contribution in [3.63, 3.8) is 0 Å². The average molecular weight is 535 g/mol. The number of hydrogen-bond donors (Lipinski definition) is 1. The molecule has 3 atom stereocenters. The lowest BCUT2D eigenvalue weighted by atomic mass is 9.96. The Labute approximate surface area is 231 Å². The van der Waals surface area contributed by atoms with Gasteiger partial charge in [0.05, 0.1) is 25.4 Å². The number of carbonyl (C=O) groups excluding carboxylic acids is 2. The number of aromatic nitrogens is 1. The van der Waals surface area contributed by atoms with Gasteiger partial charge in [0.15, 0.2) is 0 Å². The first-order chi connectivity index (χ1) is 18.6. The summed E-state index contributed by atoms with van der Waals surface area (Å²) >= 11 is 0. The second-order valence-corrected chi connectivity index (χ2v) is 11.1. The molecule has 0 spiro atoms. The van der Waals surface area contributed by atoms with Crippen LogP contribution in [-0.4, -0.2) is 95.7 Å². The standard InChI is InChI=1S/C31H42N4O4/c1-21-17-35(22(2)19-36)31(38)30-29(25-13-9-10-14-26(25)34(30)6)24-12-8-7-11-23(24)20-39-27(21)18-33(5)28(37)15-16-32(3)4/h7-14,21-22,27,36H,15-20H2,1-6H3/t21-,22-,27-/m1/s1. The third kappa shape index (κ3) is 6.03. The summed E-state index contributed by atoms with van der Waals surface area (Å²) in [6.07, 6.45) is 0.132. The molecule has 39 heavy (non-hydrogen) atoms. The molecule has 2 aromatic carbocycles. The fourth-order valence-electron chi connectivity index (χ4n) is 5.41. The lowest BCUT2D eigenvalue weighted by molar-refractivity contribution is -0.133. The van der Waals surface area contributed by atoms with Gasteiger partial charge in [-0.3, -0.25) is 9.59 Å². The van der Waals surface area contributed by atoms with E-state index in [9.17, 15) is 14.7 Å². The van der Waals surface area contributed by atoms with Gasteiger partial charge in [-0.05, 0) is 38.2 Å². The van der Waals surface area contributed by atoms with Crippen LogP contribution in [0.2, 0.25) is 0 Å². The Hall–Kier alpha value is -3.20. The van der Waals surface area contributed by atoms with E-state index in [2.05, 4.69) is 13.0 Å². The van der Waals surface area contributed by atoms with E-state index in [-0.39, 0.29) is 36.5 Å². The molecule has 8 heteroatoms. The van der Waals surface area contributed by atoms with Gasteiger partial charge in [-0.2, -0.15) is 0 Å². The van der Waals surface area contributed by atoms with Crippen LogP contribution < -0.4 is 0 Å². The number of para-hydroxylation sites is 1. The molecule has 0 fully saturated rings. The maximum Gasteiger partial charge on any atom is 0.271 e. The molecule has 1 N–H and O–H groups in total. The molecule has 1 aliphatic heterocycles. The third-order valence-corrected chi connectivity index (χ3v) is 7.88. The predicted octanol–water partition coefficient (Wildman–Crippen LogP) is 3.61. The molecule has 210 valence electrons. The molecule has 4 rings (SSSR count). The zero-order valence-electron chi connectivity index (χ0n) is 24.1. The van der Waals surface area contributed by atoms with E-state index >= 15 is 0 Å². The number of rotatable bonds is 7. The highest BCUT2D eigenvalue weighted by atomic mass is 16.5. The topological polar surface area (TPSA) is 78.2 Å². The Kier molecular flexibility index (Phi) is 9.10. The van der Waals surface area contributed by atoms with E-state index in [1.807, 2.05) is 87.0 Å². The number of likely N-dealkylation sites (N-methyl/N-ethyl adjacent to an activating group) is 1. The minimum atomic E-state index is -0.387. The van der Waals surface area contributed by atoms with E-state index in [4.69, 9.17) is 4.74 Å². The first kappa shape index (κ1) is 28.8. The molecule has 0 unspecified atom stereocenters. The lowest BCUT2D eigenvalue weighted by Gasteiger charge is -2.35. The van der Waals surface area contributed by atoms with E-state index in [1.165, 1.54) is 0 Å². The molecule has 3 aromatic rings. The molecule has 0 radical (unpaired) electrons. The molecule has 1 aromatic heterocycles. The fourth-order valence-corrected chi connectivity index (χ4v) is 5.41. The van der Waals surface area contributed by atoms with Crippen LogP contribution in [0.3, 0.4) is 0 Å². The van der Waals surface area contributed by atoms with E-state index in [1.54, 1.807) is 9.80 Å². The number of amides is 2. The van der Waals surface area contributed by atoms with Crippen LogP contribution in [0.5, 0.6) is 0 Å². The summed E-state index contributed by atoms with van der Waals surface area (Å²) in [5.41, 5.74) is 4.41. The summed E-state index contributed by atoms with van der Waals surface area (Å²) in [7, 11) is 7.65. The molecule has 0 bridgehead atoms. The van der Waals surface area contributed by atoms with Crippen LogP contribution in [0.1, 0.15) is 36.3 Å². The number of benzene rings is 2. The highest BCUT2D eigenvalue weighted by Gasteiger charge is 2.33. The molecule has 0 aliphatic carbocycles. The summed E-state index contributed by atoms with van der Waals surface area (Å²) in [6, 6.07) is 15.7. The van der Waals surface area contributed by atoms with Crippen LogP contribution in [0, 0.1) is 5.92 Å². The molecule has 8 nitrogen and oxygen atoms in total. The summed E-state index contributed by atoms with van der Waals surface area (Å²) < 4.78 is 8.55. The van der Waals surface area contributed by atoms with Crippen molar-refractivity contribution < 1.29 is 19.4 Å². The first-order valence-electron chi connectivity index (χ1n) is 13.7. The quantitative estimate of drug-likeness (QED) is 0.501. The SMILES string of the molecule is C[C@@H]1CN([C@H](C)CO)C(=O)c2c(c3ccccc3n2C)-c2ccccc2CO[C@@H]1CN(C)C(=O)CCN(C)C. The summed E-state index contributed by atoms with van der Waals surface area (Å²) in [4.78, 5) is 32.7. The zero-order valence-corrected chi connectivity index (χ0v) is 24.1. The molecule has 0 saturated carbocycles. The van der Waals surface area contributed by atoms with Crippen LogP contribution in [0.4, 0.5) is 0 Å². The van der Waals surface area contributed by atoms with Crippen molar-refractivity contribution in [2.75, 3.05) is 47.4 Å². The molecule has 2 amide bonds. The molecule has 1 aliphatic rings. The van der Waals surface area contributed by atoms with E-state index in [0.717, 1.165) is 27.6 Å². The van der Waals surface area contributed by atoms with Crippen molar-refractivity contribution in [2.45, 2.75) is 39.0 Å². The summed E-state index contributed by atoms with van der Waals surface area (Å²) in [5, 5.41) is 11.2. The van der Waals surface area contributed by atoms with Crippen molar-refractivity contribution in [1.29, 1.82) is 0 Å². The number of fused-ring (bicyclic) bond motifs is 5. The Morgan fingerprint density at radius 1 is 1.13 bits per heavy atom. The molecular weight excluding hydrogens is 492 g/mol.